The normalized spacial score (nSPS) is 29.2. The second-order valence-electron chi connectivity index (χ2n) is 7.01. The molecular formula is C17H30N2O2. The van der Waals surface area contributed by atoms with Crippen molar-refractivity contribution >= 4 is 11.8 Å². The van der Waals surface area contributed by atoms with Crippen LogP contribution in [0.1, 0.15) is 66.2 Å². The molecule has 2 rings (SSSR count). The molecule has 2 aliphatic rings. The Bertz CT molecular complexity index is 404. The number of amides is 2. The summed E-state index contributed by atoms with van der Waals surface area (Å²) in [5, 5.41) is 2.96. The Hall–Kier alpha value is -1.06. The first-order chi connectivity index (χ1) is 9.98. The van der Waals surface area contributed by atoms with Crippen LogP contribution < -0.4 is 5.32 Å². The minimum atomic E-state index is -0.331. The van der Waals surface area contributed by atoms with Crippen LogP contribution in [0.3, 0.4) is 0 Å². The minimum absolute atomic E-state index is 0.0368. The summed E-state index contributed by atoms with van der Waals surface area (Å²) in [6.45, 7) is 9.09. The van der Waals surface area contributed by atoms with Crippen molar-refractivity contribution < 1.29 is 9.59 Å². The van der Waals surface area contributed by atoms with Gasteiger partial charge in [0.05, 0.1) is 0 Å². The van der Waals surface area contributed by atoms with Crippen molar-refractivity contribution in [1.29, 1.82) is 0 Å². The van der Waals surface area contributed by atoms with Gasteiger partial charge < -0.3 is 10.2 Å². The SMILES string of the molecule is CCCC1(CN2C(=O)C(C(C)CC)NC(=O)C2CC)CC1. The lowest BCUT2D eigenvalue weighted by molar-refractivity contribution is -0.152. The molecule has 0 aromatic rings. The van der Waals surface area contributed by atoms with E-state index in [0.717, 1.165) is 19.4 Å². The number of rotatable bonds is 7. The van der Waals surface area contributed by atoms with E-state index < -0.39 is 0 Å². The molecule has 0 aromatic carbocycles. The molecule has 4 heteroatoms. The Morgan fingerprint density at radius 3 is 2.43 bits per heavy atom. The van der Waals surface area contributed by atoms with Crippen LogP contribution in [0.2, 0.25) is 0 Å². The molecule has 3 unspecified atom stereocenters. The van der Waals surface area contributed by atoms with Gasteiger partial charge in [-0.3, -0.25) is 9.59 Å². The average molecular weight is 294 g/mol. The zero-order valence-electron chi connectivity index (χ0n) is 13.9. The van der Waals surface area contributed by atoms with Gasteiger partial charge in [-0.2, -0.15) is 0 Å². The maximum Gasteiger partial charge on any atom is 0.246 e. The monoisotopic (exact) mass is 294 g/mol. The fourth-order valence-electron chi connectivity index (χ4n) is 3.56. The van der Waals surface area contributed by atoms with E-state index >= 15 is 0 Å². The van der Waals surface area contributed by atoms with Gasteiger partial charge in [0, 0.05) is 6.54 Å². The Kier molecular flexibility index (Phi) is 4.95. The van der Waals surface area contributed by atoms with Crippen molar-refractivity contribution in [1.82, 2.24) is 10.2 Å². The topological polar surface area (TPSA) is 49.4 Å². The zero-order chi connectivity index (χ0) is 15.6. The van der Waals surface area contributed by atoms with Crippen molar-refractivity contribution in [2.75, 3.05) is 6.54 Å². The third-order valence-electron chi connectivity index (χ3n) is 5.37. The summed E-state index contributed by atoms with van der Waals surface area (Å²) in [7, 11) is 0. The highest BCUT2D eigenvalue weighted by Gasteiger charge is 2.49. The Labute approximate surface area is 128 Å². The molecule has 1 saturated heterocycles. The molecule has 2 amide bonds. The van der Waals surface area contributed by atoms with Crippen LogP contribution in [0.15, 0.2) is 0 Å². The molecule has 0 aromatic heterocycles. The number of nitrogens with zero attached hydrogens (tertiary/aromatic N) is 1. The van der Waals surface area contributed by atoms with Crippen LogP contribution in [-0.4, -0.2) is 35.3 Å². The first-order valence-electron chi connectivity index (χ1n) is 8.59. The van der Waals surface area contributed by atoms with Gasteiger partial charge in [-0.15, -0.1) is 0 Å². The van der Waals surface area contributed by atoms with Gasteiger partial charge in [0.1, 0.15) is 12.1 Å². The van der Waals surface area contributed by atoms with Crippen molar-refractivity contribution in [2.24, 2.45) is 11.3 Å². The first kappa shape index (κ1) is 16.3. The van der Waals surface area contributed by atoms with Gasteiger partial charge in [-0.1, -0.05) is 40.5 Å². The summed E-state index contributed by atoms with van der Waals surface area (Å²) in [4.78, 5) is 27.1. The maximum absolute atomic E-state index is 12.9. The molecule has 0 bridgehead atoms. The van der Waals surface area contributed by atoms with Crippen LogP contribution in [0.25, 0.3) is 0 Å². The summed E-state index contributed by atoms with van der Waals surface area (Å²) in [6.07, 6.45) is 6.34. The van der Waals surface area contributed by atoms with Crippen LogP contribution in [0, 0.1) is 11.3 Å². The number of nitrogens with one attached hydrogen (secondary N) is 1. The maximum atomic E-state index is 12.9. The van der Waals surface area contributed by atoms with E-state index in [0.29, 0.717) is 11.8 Å². The van der Waals surface area contributed by atoms with E-state index in [1.54, 1.807) is 0 Å². The second-order valence-corrected chi connectivity index (χ2v) is 7.01. The van der Waals surface area contributed by atoms with Gasteiger partial charge in [0.25, 0.3) is 0 Å². The molecule has 1 N–H and O–H groups in total. The summed E-state index contributed by atoms with van der Waals surface area (Å²) in [5.41, 5.74) is 0.301. The molecule has 21 heavy (non-hydrogen) atoms. The van der Waals surface area contributed by atoms with Crippen molar-refractivity contribution in [3.63, 3.8) is 0 Å². The molecule has 120 valence electrons. The average Bonchev–Trinajstić information content (AvgIpc) is 3.22. The predicted molar refractivity (Wildman–Crippen MR) is 83.8 cm³/mol. The van der Waals surface area contributed by atoms with Crippen LogP contribution in [0.5, 0.6) is 0 Å². The second kappa shape index (κ2) is 6.37. The Balaban J connectivity index is 2.17. The third kappa shape index (κ3) is 3.24. The highest BCUT2D eigenvalue weighted by molar-refractivity contribution is 5.97. The molecule has 2 fully saturated rings. The van der Waals surface area contributed by atoms with Gasteiger partial charge in [0.2, 0.25) is 11.8 Å². The fourth-order valence-corrected chi connectivity index (χ4v) is 3.56. The van der Waals surface area contributed by atoms with Crippen LogP contribution >= 0.6 is 0 Å². The molecule has 0 radical (unpaired) electrons. The van der Waals surface area contributed by atoms with Crippen molar-refractivity contribution in [2.45, 2.75) is 78.3 Å². The van der Waals surface area contributed by atoms with E-state index in [1.807, 2.05) is 18.7 Å². The lowest BCUT2D eigenvalue weighted by atomic mass is 9.91. The smallest absolute Gasteiger partial charge is 0.246 e. The van der Waals surface area contributed by atoms with Crippen LogP contribution in [0.4, 0.5) is 0 Å². The molecule has 3 atom stereocenters. The quantitative estimate of drug-likeness (QED) is 0.785. The Morgan fingerprint density at radius 2 is 1.95 bits per heavy atom. The molecule has 4 nitrogen and oxygen atoms in total. The zero-order valence-corrected chi connectivity index (χ0v) is 13.9. The van der Waals surface area contributed by atoms with Crippen molar-refractivity contribution in [3.05, 3.63) is 0 Å². The largest absolute Gasteiger partial charge is 0.342 e. The number of carbonyl (C=O) groups excluding carboxylic acids is 2. The summed E-state index contributed by atoms with van der Waals surface area (Å²) in [5.74, 6) is 0.371. The highest BCUT2D eigenvalue weighted by atomic mass is 16.2. The lowest BCUT2D eigenvalue weighted by Crippen LogP contribution is -2.65. The van der Waals surface area contributed by atoms with Gasteiger partial charge >= 0.3 is 0 Å². The number of piperazine rings is 1. The molecule has 1 heterocycles. The lowest BCUT2D eigenvalue weighted by Gasteiger charge is -2.42. The molecule has 0 spiro atoms. The van der Waals surface area contributed by atoms with E-state index in [4.69, 9.17) is 0 Å². The van der Waals surface area contributed by atoms with Gasteiger partial charge in [-0.05, 0) is 37.0 Å². The first-order valence-corrected chi connectivity index (χ1v) is 8.59. The number of carbonyl (C=O) groups is 2. The third-order valence-corrected chi connectivity index (χ3v) is 5.37. The summed E-state index contributed by atoms with van der Waals surface area (Å²) in [6, 6.07) is -0.602. The number of hydrogen-bond donors (Lipinski definition) is 1. The van der Waals surface area contributed by atoms with E-state index in [2.05, 4.69) is 19.2 Å². The van der Waals surface area contributed by atoms with Crippen LogP contribution in [-0.2, 0) is 9.59 Å². The van der Waals surface area contributed by atoms with Gasteiger partial charge in [-0.25, -0.2) is 0 Å². The predicted octanol–water partition coefficient (Wildman–Crippen LogP) is 2.72. The van der Waals surface area contributed by atoms with E-state index in [1.165, 1.54) is 19.3 Å². The fraction of sp³-hybridized carbons (Fsp3) is 0.882. The molecular weight excluding hydrogens is 264 g/mol. The van der Waals surface area contributed by atoms with E-state index in [9.17, 15) is 9.59 Å². The summed E-state index contributed by atoms with van der Waals surface area (Å²) < 4.78 is 0. The van der Waals surface area contributed by atoms with Crippen molar-refractivity contribution in [3.8, 4) is 0 Å². The molecule has 1 saturated carbocycles. The standard InChI is InChI=1S/C17H30N2O2/c1-5-8-17(9-10-17)11-19-13(7-3)15(20)18-14(16(19)21)12(4)6-2/h12-14H,5-11H2,1-4H3,(H,18,20). The Morgan fingerprint density at radius 1 is 1.29 bits per heavy atom. The molecule has 1 aliphatic heterocycles. The highest BCUT2D eigenvalue weighted by Crippen LogP contribution is 2.50. The summed E-state index contributed by atoms with van der Waals surface area (Å²) >= 11 is 0. The number of hydrogen-bond acceptors (Lipinski definition) is 2. The minimum Gasteiger partial charge on any atom is -0.342 e. The molecule has 1 aliphatic carbocycles. The van der Waals surface area contributed by atoms with E-state index in [-0.39, 0.29) is 29.8 Å². The van der Waals surface area contributed by atoms with Gasteiger partial charge in [0.15, 0.2) is 0 Å².